The van der Waals surface area contributed by atoms with Crippen LogP contribution in [0.1, 0.15) is 29.3 Å². The number of hydrogen-bond donors (Lipinski definition) is 2. The average molecular weight is 442 g/mol. The third kappa shape index (κ3) is 6.10. The number of alkyl halides is 3. The molecule has 0 aliphatic heterocycles. The van der Waals surface area contributed by atoms with Crippen molar-refractivity contribution in [1.82, 2.24) is 0 Å². The Hall–Kier alpha value is -3.81. The summed E-state index contributed by atoms with van der Waals surface area (Å²) in [5.74, 6) is -0.427. The van der Waals surface area contributed by atoms with Gasteiger partial charge in [-0.05, 0) is 55.0 Å². The third-order valence-electron chi connectivity index (χ3n) is 4.52. The van der Waals surface area contributed by atoms with Crippen molar-refractivity contribution in [3.05, 3.63) is 90.0 Å². The molecule has 0 heterocycles. The molecule has 2 amide bonds. The molecule has 1 unspecified atom stereocenters. The molecule has 3 aromatic rings. The molecule has 32 heavy (non-hydrogen) atoms. The first-order valence-electron chi connectivity index (χ1n) is 9.87. The number of anilines is 2. The van der Waals surface area contributed by atoms with Crippen LogP contribution in [0.4, 0.5) is 24.5 Å². The lowest BCUT2D eigenvalue weighted by Gasteiger charge is -2.17. The van der Waals surface area contributed by atoms with Crippen molar-refractivity contribution in [3.8, 4) is 5.75 Å². The molecule has 0 fully saturated rings. The van der Waals surface area contributed by atoms with Crippen molar-refractivity contribution in [1.29, 1.82) is 0 Å². The van der Waals surface area contributed by atoms with E-state index in [0.29, 0.717) is 17.9 Å². The first-order valence-corrected chi connectivity index (χ1v) is 9.87. The number of rotatable bonds is 7. The van der Waals surface area contributed by atoms with Gasteiger partial charge in [-0.25, -0.2) is 0 Å². The number of benzene rings is 3. The molecule has 0 bridgehead atoms. The van der Waals surface area contributed by atoms with E-state index in [1.54, 1.807) is 36.4 Å². The normalized spacial score (nSPS) is 12.0. The molecular formula is C24H21F3N2O3. The lowest BCUT2D eigenvalue weighted by Crippen LogP contribution is -2.32. The van der Waals surface area contributed by atoms with Crippen LogP contribution in [-0.2, 0) is 11.0 Å². The minimum atomic E-state index is -4.51. The molecule has 0 radical (unpaired) electrons. The molecule has 0 aliphatic rings. The van der Waals surface area contributed by atoms with Crippen molar-refractivity contribution in [3.63, 3.8) is 0 Å². The maximum atomic E-state index is 12.9. The first-order chi connectivity index (χ1) is 15.3. The van der Waals surface area contributed by atoms with Gasteiger partial charge in [-0.3, -0.25) is 9.59 Å². The lowest BCUT2D eigenvalue weighted by atomic mass is 10.1. The number of ether oxygens (including phenoxy) is 1. The van der Waals surface area contributed by atoms with Gasteiger partial charge < -0.3 is 15.4 Å². The Labute approximate surface area is 183 Å². The van der Waals surface area contributed by atoms with Gasteiger partial charge >= 0.3 is 6.18 Å². The van der Waals surface area contributed by atoms with E-state index < -0.39 is 23.8 Å². The first kappa shape index (κ1) is 22.9. The summed E-state index contributed by atoms with van der Waals surface area (Å²) < 4.78 is 44.3. The lowest BCUT2D eigenvalue weighted by molar-refractivity contribution is -0.137. The Morgan fingerprint density at radius 1 is 0.875 bits per heavy atom. The maximum Gasteiger partial charge on any atom is 0.416 e. The number of hydrogen-bond acceptors (Lipinski definition) is 3. The highest BCUT2D eigenvalue weighted by molar-refractivity contribution is 6.05. The van der Waals surface area contributed by atoms with Gasteiger partial charge in [0.1, 0.15) is 5.75 Å². The summed E-state index contributed by atoms with van der Waals surface area (Å²) in [6, 6.07) is 19.4. The van der Waals surface area contributed by atoms with Crippen LogP contribution < -0.4 is 15.4 Å². The van der Waals surface area contributed by atoms with Gasteiger partial charge in [0.2, 0.25) is 0 Å². The van der Waals surface area contributed by atoms with E-state index in [4.69, 9.17) is 4.74 Å². The molecular weight excluding hydrogens is 421 g/mol. The van der Waals surface area contributed by atoms with Gasteiger partial charge in [-0.1, -0.05) is 37.3 Å². The van der Waals surface area contributed by atoms with Crippen LogP contribution in [-0.4, -0.2) is 17.9 Å². The van der Waals surface area contributed by atoms with E-state index in [1.807, 2.05) is 13.0 Å². The second-order valence-corrected chi connectivity index (χ2v) is 6.93. The van der Waals surface area contributed by atoms with Gasteiger partial charge in [-0.2, -0.15) is 13.2 Å². The molecule has 0 spiro atoms. The van der Waals surface area contributed by atoms with Crippen LogP contribution in [0.3, 0.4) is 0 Å². The zero-order chi connectivity index (χ0) is 23.1. The number of carbonyl (C=O) groups is 2. The Balaban J connectivity index is 1.68. The van der Waals surface area contributed by atoms with E-state index in [-0.39, 0.29) is 17.2 Å². The number of amides is 2. The molecule has 166 valence electrons. The van der Waals surface area contributed by atoms with Crippen LogP contribution in [0, 0.1) is 0 Å². The van der Waals surface area contributed by atoms with Gasteiger partial charge in [-0.15, -0.1) is 0 Å². The molecule has 0 saturated carbocycles. The highest BCUT2D eigenvalue weighted by Gasteiger charge is 2.30. The molecule has 5 nitrogen and oxygen atoms in total. The fourth-order valence-corrected chi connectivity index (χ4v) is 2.92. The van der Waals surface area contributed by atoms with E-state index in [9.17, 15) is 22.8 Å². The standard InChI is InChI=1S/C24H21F3N2O3/c1-2-21(32-20-12-4-3-5-13-20)23(31)29-18-10-6-8-16(14-18)22(30)28-19-11-7-9-17(15-19)24(25,26)27/h3-15,21H,2H2,1H3,(H,28,30)(H,29,31). The number of nitrogens with one attached hydrogen (secondary N) is 2. The molecule has 0 aliphatic carbocycles. The van der Waals surface area contributed by atoms with Crippen molar-refractivity contribution in [2.45, 2.75) is 25.6 Å². The van der Waals surface area contributed by atoms with Crippen LogP contribution in [0.5, 0.6) is 5.75 Å². The fraction of sp³-hybridized carbons (Fsp3) is 0.167. The number of para-hydroxylation sites is 1. The van der Waals surface area contributed by atoms with Crippen molar-refractivity contribution in [2.24, 2.45) is 0 Å². The number of carbonyl (C=O) groups excluding carboxylic acids is 2. The summed E-state index contributed by atoms with van der Waals surface area (Å²) in [5, 5.41) is 5.15. The maximum absolute atomic E-state index is 12.9. The second-order valence-electron chi connectivity index (χ2n) is 6.93. The van der Waals surface area contributed by atoms with E-state index >= 15 is 0 Å². The minimum absolute atomic E-state index is 0.0153. The molecule has 8 heteroatoms. The Morgan fingerprint density at radius 3 is 2.19 bits per heavy atom. The predicted molar refractivity (Wildman–Crippen MR) is 116 cm³/mol. The van der Waals surface area contributed by atoms with Gasteiger partial charge in [0.25, 0.3) is 11.8 Å². The Morgan fingerprint density at radius 2 is 1.53 bits per heavy atom. The molecule has 3 aromatic carbocycles. The molecule has 0 saturated heterocycles. The predicted octanol–water partition coefficient (Wildman–Crippen LogP) is 5.75. The topological polar surface area (TPSA) is 67.4 Å². The molecule has 3 rings (SSSR count). The van der Waals surface area contributed by atoms with Crippen LogP contribution in [0.15, 0.2) is 78.9 Å². The van der Waals surface area contributed by atoms with Crippen LogP contribution >= 0.6 is 0 Å². The van der Waals surface area contributed by atoms with Gasteiger partial charge in [0.05, 0.1) is 5.56 Å². The second kappa shape index (κ2) is 10.00. The van der Waals surface area contributed by atoms with Crippen LogP contribution in [0.2, 0.25) is 0 Å². The van der Waals surface area contributed by atoms with Gasteiger partial charge in [0.15, 0.2) is 6.10 Å². The summed E-state index contributed by atoms with van der Waals surface area (Å²) >= 11 is 0. The minimum Gasteiger partial charge on any atom is -0.481 e. The highest BCUT2D eigenvalue weighted by atomic mass is 19.4. The van der Waals surface area contributed by atoms with Crippen molar-refractivity contribution in [2.75, 3.05) is 10.6 Å². The monoisotopic (exact) mass is 442 g/mol. The van der Waals surface area contributed by atoms with E-state index in [0.717, 1.165) is 12.1 Å². The van der Waals surface area contributed by atoms with E-state index in [1.165, 1.54) is 24.3 Å². The molecule has 0 aromatic heterocycles. The fourth-order valence-electron chi connectivity index (χ4n) is 2.92. The SMILES string of the molecule is CCC(Oc1ccccc1)C(=O)Nc1cccc(C(=O)Nc2cccc(C(F)(F)F)c2)c1. The summed E-state index contributed by atoms with van der Waals surface area (Å²) in [6.07, 6.45) is -4.82. The summed E-state index contributed by atoms with van der Waals surface area (Å²) in [4.78, 5) is 25.1. The number of halogens is 3. The largest absolute Gasteiger partial charge is 0.481 e. The highest BCUT2D eigenvalue weighted by Crippen LogP contribution is 2.30. The Kier molecular flexibility index (Phi) is 7.14. The summed E-state index contributed by atoms with van der Waals surface area (Å²) in [6.45, 7) is 1.81. The molecule has 2 N–H and O–H groups in total. The summed E-state index contributed by atoms with van der Waals surface area (Å²) in [7, 11) is 0. The zero-order valence-corrected chi connectivity index (χ0v) is 17.1. The molecule has 1 atom stereocenters. The zero-order valence-electron chi connectivity index (χ0n) is 17.1. The smallest absolute Gasteiger partial charge is 0.416 e. The summed E-state index contributed by atoms with van der Waals surface area (Å²) in [5.41, 5.74) is -0.305. The Bertz CT molecular complexity index is 1090. The van der Waals surface area contributed by atoms with E-state index in [2.05, 4.69) is 10.6 Å². The van der Waals surface area contributed by atoms with Crippen molar-refractivity contribution >= 4 is 23.2 Å². The van der Waals surface area contributed by atoms with Crippen LogP contribution in [0.25, 0.3) is 0 Å². The average Bonchev–Trinajstić information content (AvgIpc) is 2.78. The van der Waals surface area contributed by atoms with Crippen molar-refractivity contribution < 1.29 is 27.5 Å². The quantitative estimate of drug-likeness (QED) is 0.489. The van der Waals surface area contributed by atoms with Gasteiger partial charge in [0, 0.05) is 16.9 Å². The third-order valence-corrected chi connectivity index (χ3v) is 4.52.